The van der Waals surface area contributed by atoms with Crippen molar-refractivity contribution in [3.05, 3.63) is 28.8 Å². The van der Waals surface area contributed by atoms with Crippen LogP contribution < -0.4 is 16.4 Å². The van der Waals surface area contributed by atoms with Gasteiger partial charge in [-0.15, -0.1) is 24.8 Å². The first-order chi connectivity index (χ1) is 7.17. The molecule has 0 saturated carbocycles. The zero-order chi connectivity index (χ0) is 11.3. The van der Waals surface area contributed by atoms with Crippen molar-refractivity contribution in [1.29, 1.82) is 5.41 Å². The Kier molecular flexibility index (Phi) is 10.3. The number of benzene rings is 1. The third-order valence-electron chi connectivity index (χ3n) is 1.89. The van der Waals surface area contributed by atoms with Gasteiger partial charge in [-0.25, -0.2) is 0 Å². The van der Waals surface area contributed by atoms with Crippen LogP contribution in [0.5, 0.6) is 0 Å². The number of anilines is 1. The fourth-order valence-corrected chi connectivity index (χ4v) is 1.37. The van der Waals surface area contributed by atoms with E-state index in [0.717, 1.165) is 11.3 Å². The summed E-state index contributed by atoms with van der Waals surface area (Å²) < 4.78 is 0. The van der Waals surface area contributed by atoms with E-state index in [0.29, 0.717) is 18.1 Å². The molecule has 5 N–H and O–H groups in total. The van der Waals surface area contributed by atoms with Gasteiger partial charge in [0.25, 0.3) is 0 Å². The number of nitrogens with two attached hydrogens (primary N) is 1. The van der Waals surface area contributed by atoms with Crippen LogP contribution in [0.2, 0.25) is 5.02 Å². The molecule has 0 aromatic heterocycles. The maximum Gasteiger partial charge on any atom is 0.192 e. The lowest BCUT2D eigenvalue weighted by atomic mass is 10.2. The highest BCUT2D eigenvalue weighted by molar-refractivity contribution is 6.31. The van der Waals surface area contributed by atoms with Crippen molar-refractivity contribution >= 4 is 48.1 Å². The number of nitrogens with one attached hydrogen (secondary N) is 3. The number of guanidine groups is 1. The summed E-state index contributed by atoms with van der Waals surface area (Å²) in [5, 5.41) is 13.9. The Labute approximate surface area is 119 Å². The average molecular weight is 300 g/mol. The standard InChI is InChI=1S/C10H15ClN4.2ClH/c1-2-14-10(13)15-8-3-4-9(11)7(5-8)6-12;;/h3-5H,2,6,12H2,1H3,(H3,13,14,15);2*1H. The molecule has 0 spiro atoms. The van der Waals surface area contributed by atoms with Gasteiger partial charge in [0, 0.05) is 23.8 Å². The Morgan fingerprint density at radius 3 is 2.59 bits per heavy atom. The molecular weight excluding hydrogens is 282 g/mol. The van der Waals surface area contributed by atoms with Crippen molar-refractivity contribution in [3.63, 3.8) is 0 Å². The number of rotatable bonds is 3. The quantitative estimate of drug-likeness (QED) is 0.512. The van der Waals surface area contributed by atoms with Gasteiger partial charge in [0.2, 0.25) is 0 Å². The fourth-order valence-electron chi connectivity index (χ4n) is 1.17. The van der Waals surface area contributed by atoms with Crippen LogP contribution in [0.4, 0.5) is 5.69 Å². The molecule has 1 aromatic carbocycles. The Bertz CT molecular complexity index is 357. The summed E-state index contributed by atoms with van der Waals surface area (Å²) in [4.78, 5) is 0. The van der Waals surface area contributed by atoms with Crippen LogP contribution in [0.1, 0.15) is 12.5 Å². The van der Waals surface area contributed by atoms with E-state index in [1.54, 1.807) is 6.07 Å². The van der Waals surface area contributed by atoms with Gasteiger partial charge in [-0.05, 0) is 30.7 Å². The topological polar surface area (TPSA) is 73.9 Å². The second kappa shape index (κ2) is 9.36. The molecule has 0 heterocycles. The van der Waals surface area contributed by atoms with Crippen LogP contribution in [0.3, 0.4) is 0 Å². The third-order valence-corrected chi connectivity index (χ3v) is 2.26. The number of hydrogen-bond acceptors (Lipinski definition) is 2. The largest absolute Gasteiger partial charge is 0.357 e. The van der Waals surface area contributed by atoms with Gasteiger partial charge >= 0.3 is 0 Å². The summed E-state index contributed by atoms with van der Waals surface area (Å²) in [5.74, 6) is 0.266. The van der Waals surface area contributed by atoms with E-state index in [-0.39, 0.29) is 30.8 Å². The summed E-state index contributed by atoms with van der Waals surface area (Å²) in [5.41, 5.74) is 7.21. The summed E-state index contributed by atoms with van der Waals surface area (Å²) >= 11 is 5.92. The van der Waals surface area contributed by atoms with Crippen molar-refractivity contribution in [2.24, 2.45) is 5.73 Å². The van der Waals surface area contributed by atoms with Gasteiger partial charge in [-0.2, -0.15) is 0 Å². The Balaban J connectivity index is 0. The van der Waals surface area contributed by atoms with Crippen LogP contribution in [-0.4, -0.2) is 12.5 Å². The summed E-state index contributed by atoms with van der Waals surface area (Å²) in [6, 6.07) is 5.42. The number of halogens is 3. The van der Waals surface area contributed by atoms with Crippen LogP contribution in [0, 0.1) is 5.41 Å². The molecule has 1 rings (SSSR count). The molecule has 0 aliphatic heterocycles. The molecule has 0 amide bonds. The van der Waals surface area contributed by atoms with Crippen molar-refractivity contribution in [2.75, 3.05) is 11.9 Å². The first-order valence-corrected chi connectivity index (χ1v) is 5.13. The zero-order valence-electron chi connectivity index (χ0n) is 9.42. The lowest BCUT2D eigenvalue weighted by molar-refractivity contribution is 0.953. The van der Waals surface area contributed by atoms with Crippen LogP contribution in [0.15, 0.2) is 18.2 Å². The second-order valence-corrected chi connectivity index (χ2v) is 3.45. The third kappa shape index (κ3) is 5.98. The Morgan fingerprint density at radius 1 is 1.41 bits per heavy atom. The van der Waals surface area contributed by atoms with Gasteiger partial charge < -0.3 is 16.4 Å². The lowest BCUT2D eigenvalue weighted by Gasteiger charge is -2.10. The molecule has 98 valence electrons. The van der Waals surface area contributed by atoms with Gasteiger partial charge in [0.1, 0.15) is 0 Å². The van der Waals surface area contributed by atoms with Gasteiger partial charge in [-0.1, -0.05) is 11.6 Å². The van der Waals surface area contributed by atoms with E-state index < -0.39 is 0 Å². The molecule has 0 atom stereocenters. The highest BCUT2D eigenvalue weighted by Gasteiger charge is 2.01. The SMILES string of the molecule is CCNC(=N)Nc1ccc(Cl)c(CN)c1.Cl.Cl. The maximum atomic E-state index is 7.52. The van der Waals surface area contributed by atoms with Gasteiger partial charge in [0.15, 0.2) is 5.96 Å². The summed E-state index contributed by atoms with van der Waals surface area (Å²) in [6.45, 7) is 3.04. The molecule has 0 aliphatic carbocycles. The molecule has 17 heavy (non-hydrogen) atoms. The van der Waals surface area contributed by atoms with Gasteiger partial charge in [0.05, 0.1) is 0 Å². The number of hydrogen-bond donors (Lipinski definition) is 4. The minimum atomic E-state index is 0. The zero-order valence-corrected chi connectivity index (χ0v) is 11.8. The highest BCUT2D eigenvalue weighted by atomic mass is 35.5. The summed E-state index contributed by atoms with van der Waals surface area (Å²) in [7, 11) is 0. The van der Waals surface area contributed by atoms with E-state index in [1.807, 2.05) is 19.1 Å². The fraction of sp³-hybridized carbons (Fsp3) is 0.300. The molecule has 1 aromatic rings. The molecule has 0 radical (unpaired) electrons. The van der Waals surface area contributed by atoms with Crippen LogP contribution >= 0.6 is 36.4 Å². The van der Waals surface area contributed by atoms with Crippen molar-refractivity contribution in [3.8, 4) is 0 Å². The first kappa shape index (κ1) is 18.7. The minimum Gasteiger partial charge on any atom is -0.357 e. The smallest absolute Gasteiger partial charge is 0.192 e. The molecule has 0 fully saturated rings. The summed E-state index contributed by atoms with van der Waals surface area (Å²) in [6.07, 6.45) is 0. The average Bonchev–Trinajstić information content (AvgIpc) is 2.21. The predicted molar refractivity (Wildman–Crippen MR) is 78.9 cm³/mol. The lowest BCUT2D eigenvalue weighted by Crippen LogP contribution is -2.29. The van der Waals surface area contributed by atoms with E-state index in [2.05, 4.69) is 10.6 Å². The Hall–Kier alpha value is -0.680. The van der Waals surface area contributed by atoms with Crippen molar-refractivity contribution in [2.45, 2.75) is 13.5 Å². The maximum absolute atomic E-state index is 7.52. The van der Waals surface area contributed by atoms with E-state index in [9.17, 15) is 0 Å². The molecular formula is C10H17Cl3N4. The Morgan fingerprint density at radius 2 is 2.06 bits per heavy atom. The molecule has 0 bridgehead atoms. The van der Waals surface area contributed by atoms with Crippen molar-refractivity contribution in [1.82, 2.24) is 5.32 Å². The van der Waals surface area contributed by atoms with Crippen LogP contribution in [-0.2, 0) is 6.54 Å². The molecule has 0 aliphatic rings. The first-order valence-electron chi connectivity index (χ1n) is 4.75. The van der Waals surface area contributed by atoms with Gasteiger partial charge in [-0.3, -0.25) is 5.41 Å². The van der Waals surface area contributed by atoms with Crippen LogP contribution in [0.25, 0.3) is 0 Å². The molecule has 7 heteroatoms. The predicted octanol–water partition coefficient (Wildman–Crippen LogP) is 2.60. The van der Waals surface area contributed by atoms with E-state index in [4.69, 9.17) is 22.7 Å². The monoisotopic (exact) mass is 298 g/mol. The molecule has 0 saturated heterocycles. The second-order valence-electron chi connectivity index (χ2n) is 3.04. The van der Waals surface area contributed by atoms with E-state index >= 15 is 0 Å². The molecule has 0 unspecified atom stereocenters. The molecule has 4 nitrogen and oxygen atoms in total. The minimum absolute atomic E-state index is 0. The highest BCUT2D eigenvalue weighted by Crippen LogP contribution is 2.19. The van der Waals surface area contributed by atoms with Crippen molar-refractivity contribution < 1.29 is 0 Å². The van der Waals surface area contributed by atoms with E-state index in [1.165, 1.54) is 0 Å². The normalized spacial score (nSPS) is 8.65.